The van der Waals surface area contributed by atoms with Crippen molar-refractivity contribution in [3.05, 3.63) is 39.9 Å². The average Bonchev–Trinajstić information content (AvgIpc) is 2.36. The molecule has 1 aromatic rings. The summed E-state index contributed by atoms with van der Waals surface area (Å²) in [6.07, 6.45) is -4.57. The zero-order valence-corrected chi connectivity index (χ0v) is 11.0. The Morgan fingerprint density at radius 2 is 1.75 bits per heavy atom. The standard InChI is InChI=1S/C11H6Cl2F3NO3/c12-7(8(13)10(19)20)9(18)17-6-3-1-2-5(4-6)11(14,15)16/h1-4H,(H,17,18)(H,19,20)/b8-7+. The molecule has 0 unspecified atom stereocenters. The number of rotatable bonds is 3. The number of carboxylic acid groups (broad SMARTS) is 1. The van der Waals surface area contributed by atoms with E-state index in [1.807, 2.05) is 5.32 Å². The first-order valence-corrected chi connectivity index (χ1v) is 5.65. The molecule has 0 spiro atoms. The molecule has 0 radical (unpaired) electrons. The summed E-state index contributed by atoms with van der Waals surface area (Å²) in [5.41, 5.74) is -1.17. The van der Waals surface area contributed by atoms with Crippen molar-refractivity contribution >= 4 is 40.8 Å². The summed E-state index contributed by atoms with van der Waals surface area (Å²) in [6, 6.07) is 3.76. The Balaban J connectivity index is 2.98. The molecule has 9 heteroatoms. The van der Waals surface area contributed by atoms with Gasteiger partial charge in [0.15, 0.2) is 0 Å². The molecule has 0 aliphatic rings. The Hall–Kier alpha value is -1.73. The second-order valence-electron chi connectivity index (χ2n) is 3.47. The highest BCUT2D eigenvalue weighted by atomic mass is 35.5. The van der Waals surface area contributed by atoms with Crippen molar-refractivity contribution in [2.75, 3.05) is 5.32 Å². The average molecular weight is 328 g/mol. The lowest BCUT2D eigenvalue weighted by Crippen LogP contribution is -2.15. The number of anilines is 1. The molecule has 0 aliphatic heterocycles. The highest BCUT2D eigenvalue weighted by Gasteiger charge is 2.30. The molecule has 0 aliphatic carbocycles. The van der Waals surface area contributed by atoms with Crippen molar-refractivity contribution < 1.29 is 27.9 Å². The zero-order chi connectivity index (χ0) is 15.5. The largest absolute Gasteiger partial charge is 0.477 e. The Kier molecular flexibility index (Phi) is 5.02. The van der Waals surface area contributed by atoms with Crippen molar-refractivity contribution in [3.63, 3.8) is 0 Å². The number of aliphatic carboxylic acids is 1. The van der Waals surface area contributed by atoms with Gasteiger partial charge in [0.1, 0.15) is 10.1 Å². The molecular weight excluding hydrogens is 322 g/mol. The van der Waals surface area contributed by atoms with Crippen LogP contribution in [0.4, 0.5) is 18.9 Å². The molecule has 2 N–H and O–H groups in total. The van der Waals surface area contributed by atoms with E-state index >= 15 is 0 Å². The molecule has 20 heavy (non-hydrogen) atoms. The van der Waals surface area contributed by atoms with Crippen LogP contribution >= 0.6 is 23.2 Å². The minimum atomic E-state index is -4.57. The first-order chi connectivity index (χ1) is 9.12. The van der Waals surface area contributed by atoms with Gasteiger partial charge in [-0.15, -0.1) is 0 Å². The molecule has 1 rings (SSSR count). The van der Waals surface area contributed by atoms with E-state index in [0.29, 0.717) is 6.07 Å². The number of carbonyl (C=O) groups is 2. The van der Waals surface area contributed by atoms with Crippen LogP contribution in [-0.4, -0.2) is 17.0 Å². The number of carboxylic acids is 1. The smallest absolute Gasteiger partial charge is 0.416 e. The molecule has 0 heterocycles. The van der Waals surface area contributed by atoms with Crippen molar-refractivity contribution in [1.82, 2.24) is 0 Å². The normalized spacial score (nSPS) is 12.7. The maximum absolute atomic E-state index is 12.5. The summed E-state index contributed by atoms with van der Waals surface area (Å²) in [5, 5.41) is 8.76. The number of hydrogen-bond donors (Lipinski definition) is 2. The summed E-state index contributed by atoms with van der Waals surface area (Å²) >= 11 is 10.6. The fraction of sp³-hybridized carbons (Fsp3) is 0.0909. The number of benzene rings is 1. The first-order valence-electron chi connectivity index (χ1n) is 4.90. The van der Waals surface area contributed by atoms with Crippen LogP contribution in [0.5, 0.6) is 0 Å². The van der Waals surface area contributed by atoms with Crippen LogP contribution in [0.15, 0.2) is 34.3 Å². The fourth-order valence-corrected chi connectivity index (χ4v) is 1.37. The summed E-state index contributed by atoms with van der Waals surface area (Å²) in [7, 11) is 0. The van der Waals surface area contributed by atoms with E-state index in [-0.39, 0.29) is 5.69 Å². The molecule has 4 nitrogen and oxygen atoms in total. The van der Waals surface area contributed by atoms with Crippen LogP contribution in [0, 0.1) is 0 Å². The Bertz CT molecular complexity index is 585. The van der Waals surface area contributed by atoms with Gasteiger partial charge in [-0.25, -0.2) is 4.79 Å². The van der Waals surface area contributed by atoms with E-state index in [0.717, 1.165) is 12.1 Å². The van der Waals surface area contributed by atoms with Crippen LogP contribution < -0.4 is 5.32 Å². The minimum Gasteiger partial charge on any atom is -0.477 e. The van der Waals surface area contributed by atoms with Gasteiger partial charge in [-0.2, -0.15) is 13.2 Å². The first kappa shape index (κ1) is 16.3. The highest BCUT2D eigenvalue weighted by Crippen LogP contribution is 2.30. The maximum atomic E-state index is 12.5. The van der Waals surface area contributed by atoms with Gasteiger partial charge >= 0.3 is 12.1 Å². The number of hydrogen-bond acceptors (Lipinski definition) is 2. The third-order valence-corrected chi connectivity index (χ3v) is 2.84. The summed E-state index contributed by atoms with van der Waals surface area (Å²) in [4.78, 5) is 22.0. The Morgan fingerprint density at radius 3 is 2.25 bits per heavy atom. The van der Waals surface area contributed by atoms with Crippen LogP contribution in [-0.2, 0) is 15.8 Å². The topological polar surface area (TPSA) is 66.4 Å². The molecule has 0 aromatic heterocycles. The predicted molar refractivity (Wildman–Crippen MR) is 66.4 cm³/mol. The number of alkyl halides is 3. The molecule has 0 bridgehead atoms. The highest BCUT2D eigenvalue weighted by molar-refractivity contribution is 6.54. The third kappa shape index (κ3) is 4.14. The van der Waals surface area contributed by atoms with Gasteiger partial charge in [-0.1, -0.05) is 29.3 Å². The molecule has 1 aromatic carbocycles. The summed E-state index contributed by atoms with van der Waals surface area (Å²) in [6.45, 7) is 0. The van der Waals surface area contributed by atoms with Gasteiger partial charge in [0, 0.05) is 5.69 Å². The van der Waals surface area contributed by atoms with Crippen LogP contribution in [0.1, 0.15) is 5.56 Å². The van der Waals surface area contributed by atoms with Gasteiger partial charge in [0.2, 0.25) is 0 Å². The van der Waals surface area contributed by atoms with E-state index in [1.165, 1.54) is 6.07 Å². The number of amides is 1. The van der Waals surface area contributed by atoms with E-state index < -0.39 is 33.7 Å². The van der Waals surface area contributed by atoms with Gasteiger partial charge in [-0.05, 0) is 18.2 Å². The monoisotopic (exact) mass is 327 g/mol. The number of nitrogens with one attached hydrogen (secondary N) is 1. The molecular formula is C11H6Cl2F3NO3. The molecule has 108 valence electrons. The van der Waals surface area contributed by atoms with Crippen molar-refractivity contribution in [2.45, 2.75) is 6.18 Å². The van der Waals surface area contributed by atoms with Crippen molar-refractivity contribution in [1.29, 1.82) is 0 Å². The summed E-state index contributed by atoms with van der Waals surface area (Å²) in [5.74, 6) is -2.76. The number of carbonyl (C=O) groups excluding carboxylic acids is 1. The molecule has 0 saturated carbocycles. The molecule has 0 fully saturated rings. The Morgan fingerprint density at radius 1 is 1.15 bits per heavy atom. The zero-order valence-electron chi connectivity index (χ0n) is 9.46. The van der Waals surface area contributed by atoms with Crippen LogP contribution in [0.3, 0.4) is 0 Å². The fourth-order valence-electron chi connectivity index (χ4n) is 1.15. The predicted octanol–water partition coefficient (Wildman–Crippen LogP) is 3.42. The summed E-state index contributed by atoms with van der Waals surface area (Å²) < 4.78 is 37.4. The quantitative estimate of drug-likeness (QED) is 0.836. The lowest BCUT2D eigenvalue weighted by Gasteiger charge is -2.09. The van der Waals surface area contributed by atoms with E-state index in [9.17, 15) is 22.8 Å². The van der Waals surface area contributed by atoms with Crippen LogP contribution in [0.2, 0.25) is 0 Å². The molecule has 0 saturated heterocycles. The van der Waals surface area contributed by atoms with Crippen molar-refractivity contribution in [2.24, 2.45) is 0 Å². The minimum absolute atomic E-state index is 0.196. The van der Waals surface area contributed by atoms with Gasteiger partial charge in [-0.3, -0.25) is 4.79 Å². The second-order valence-corrected chi connectivity index (χ2v) is 4.22. The molecule has 1 amide bonds. The number of halogens is 5. The lowest BCUT2D eigenvalue weighted by atomic mass is 10.2. The Labute approximate surface area is 120 Å². The van der Waals surface area contributed by atoms with Crippen LogP contribution in [0.25, 0.3) is 0 Å². The third-order valence-electron chi connectivity index (χ3n) is 2.03. The second kappa shape index (κ2) is 6.15. The van der Waals surface area contributed by atoms with Gasteiger partial charge in [0.05, 0.1) is 5.56 Å². The van der Waals surface area contributed by atoms with Crippen molar-refractivity contribution in [3.8, 4) is 0 Å². The maximum Gasteiger partial charge on any atom is 0.416 e. The van der Waals surface area contributed by atoms with E-state index in [1.54, 1.807) is 0 Å². The van der Waals surface area contributed by atoms with Gasteiger partial charge < -0.3 is 10.4 Å². The van der Waals surface area contributed by atoms with E-state index in [4.69, 9.17) is 28.3 Å². The molecule has 0 atom stereocenters. The van der Waals surface area contributed by atoms with Gasteiger partial charge in [0.25, 0.3) is 5.91 Å². The van der Waals surface area contributed by atoms with E-state index in [2.05, 4.69) is 0 Å². The lowest BCUT2D eigenvalue weighted by molar-refractivity contribution is -0.137. The SMILES string of the molecule is O=C(O)/C(Cl)=C(\Cl)C(=O)Nc1cccc(C(F)(F)F)c1.